The van der Waals surface area contributed by atoms with Crippen molar-refractivity contribution in [3.8, 4) is 0 Å². The lowest BCUT2D eigenvalue weighted by molar-refractivity contribution is -0.193. The van der Waals surface area contributed by atoms with Gasteiger partial charge in [0.05, 0.1) is 11.9 Å². The molecule has 0 spiro atoms. The predicted octanol–water partition coefficient (Wildman–Crippen LogP) is 0.0533. The van der Waals surface area contributed by atoms with Crippen molar-refractivity contribution in [2.24, 2.45) is 0 Å². The lowest BCUT2D eigenvalue weighted by Crippen LogP contribution is -2.23. The van der Waals surface area contributed by atoms with Gasteiger partial charge >= 0.3 is 12.3 Å². The van der Waals surface area contributed by atoms with Gasteiger partial charge in [-0.1, -0.05) is 19.1 Å². The molecule has 2 heterocycles. The SMILES string of the molecule is CCCNC(=O)c1ccc(CCc2cnc3nc(N)[nH]c(=O)c3n2)cc1.O=C=O.O=C=O. The van der Waals surface area contributed by atoms with Crippen LogP contribution < -0.4 is 16.6 Å². The number of benzene rings is 1. The molecular weight excluding hydrogens is 420 g/mol. The second-order valence-corrected chi connectivity index (χ2v) is 6.10. The number of hydrogen-bond donors (Lipinski definition) is 3. The number of nitrogen functional groups attached to an aromatic ring is 1. The molecule has 0 saturated heterocycles. The molecule has 3 rings (SSSR count). The van der Waals surface area contributed by atoms with Crippen LogP contribution in [0.2, 0.25) is 0 Å². The van der Waals surface area contributed by atoms with Gasteiger partial charge in [-0.2, -0.15) is 24.2 Å². The van der Waals surface area contributed by atoms with Crippen LogP contribution in [0.5, 0.6) is 0 Å². The smallest absolute Gasteiger partial charge is 0.369 e. The van der Waals surface area contributed by atoms with Gasteiger partial charge in [-0.05, 0) is 37.0 Å². The summed E-state index contributed by atoms with van der Waals surface area (Å²) in [6.45, 7) is 2.68. The number of aromatic nitrogens is 4. The Labute approximate surface area is 181 Å². The Hall–Kier alpha value is -4.53. The second kappa shape index (κ2) is 13.6. The van der Waals surface area contributed by atoms with Gasteiger partial charge in [0, 0.05) is 12.1 Å². The van der Waals surface area contributed by atoms with Crippen LogP contribution in [0.4, 0.5) is 5.95 Å². The zero-order valence-corrected chi connectivity index (χ0v) is 17.1. The topological polar surface area (TPSA) is 195 Å². The zero-order chi connectivity index (χ0) is 23.9. The summed E-state index contributed by atoms with van der Waals surface area (Å²) in [5.41, 5.74) is 7.92. The maximum absolute atomic E-state index is 11.9. The maximum atomic E-state index is 11.9. The molecule has 2 aromatic heterocycles. The molecule has 0 unspecified atom stereocenters. The van der Waals surface area contributed by atoms with E-state index < -0.39 is 5.56 Å². The van der Waals surface area contributed by atoms with E-state index in [0.717, 1.165) is 18.4 Å². The summed E-state index contributed by atoms with van der Waals surface area (Å²) in [6, 6.07) is 7.46. The molecule has 0 saturated carbocycles. The Morgan fingerprint density at radius 1 is 1.06 bits per heavy atom. The molecule has 166 valence electrons. The Kier molecular flexibility index (Phi) is 10.9. The lowest BCUT2D eigenvalue weighted by Gasteiger charge is -2.06. The summed E-state index contributed by atoms with van der Waals surface area (Å²) in [5, 5.41) is 2.85. The summed E-state index contributed by atoms with van der Waals surface area (Å²) in [4.78, 5) is 71.1. The fourth-order valence-corrected chi connectivity index (χ4v) is 2.53. The summed E-state index contributed by atoms with van der Waals surface area (Å²) < 4.78 is 0. The van der Waals surface area contributed by atoms with E-state index in [4.69, 9.17) is 24.9 Å². The van der Waals surface area contributed by atoms with E-state index in [2.05, 4.69) is 25.3 Å². The molecule has 12 nitrogen and oxygen atoms in total. The van der Waals surface area contributed by atoms with Crippen LogP contribution >= 0.6 is 0 Å². The monoisotopic (exact) mass is 440 g/mol. The van der Waals surface area contributed by atoms with Crippen LogP contribution in [0.1, 0.15) is 35.0 Å². The fourth-order valence-electron chi connectivity index (χ4n) is 2.53. The highest BCUT2D eigenvalue weighted by molar-refractivity contribution is 5.94. The number of nitrogens with two attached hydrogens (primary N) is 1. The van der Waals surface area contributed by atoms with E-state index in [-0.39, 0.29) is 35.3 Å². The van der Waals surface area contributed by atoms with E-state index in [0.29, 0.717) is 24.2 Å². The molecule has 0 bridgehead atoms. The summed E-state index contributed by atoms with van der Waals surface area (Å²) in [5.74, 6) is -0.0441. The standard InChI is InChI=1S/C18H20N6O2.2CO2/c1-2-9-20-16(25)12-6-3-11(4-7-12)5-8-13-10-21-15-14(22-13)17(26)24-18(19)23-15;2*2-1-3/h3-4,6-7,10H,2,5,8-9H2,1H3,(H,20,25)(H3,19,21,23,24,26);;. The van der Waals surface area contributed by atoms with Crippen LogP contribution in [0.25, 0.3) is 11.2 Å². The van der Waals surface area contributed by atoms with Crippen molar-refractivity contribution < 1.29 is 24.0 Å². The Morgan fingerprint density at radius 3 is 2.28 bits per heavy atom. The Bertz CT molecular complexity index is 1150. The number of H-pyrrole nitrogens is 1. The minimum Gasteiger partial charge on any atom is -0.369 e. The van der Waals surface area contributed by atoms with Crippen LogP contribution in [-0.4, -0.2) is 44.7 Å². The van der Waals surface area contributed by atoms with Crippen molar-refractivity contribution >= 4 is 35.3 Å². The highest BCUT2D eigenvalue weighted by atomic mass is 16.2. The van der Waals surface area contributed by atoms with Crippen LogP contribution in [-0.2, 0) is 32.0 Å². The van der Waals surface area contributed by atoms with Crippen molar-refractivity contribution in [2.75, 3.05) is 12.3 Å². The first-order valence-electron chi connectivity index (χ1n) is 9.27. The van der Waals surface area contributed by atoms with Crippen molar-refractivity contribution in [3.05, 3.63) is 57.6 Å². The third-order valence-corrected chi connectivity index (χ3v) is 3.91. The first-order valence-corrected chi connectivity index (χ1v) is 9.27. The number of amides is 1. The molecule has 0 aliphatic carbocycles. The number of carbonyl (C=O) groups excluding carboxylic acids is 5. The van der Waals surface area contributed by atoms with Gasteiger partial charge in [0.15, 0.2) is 11.2 Å². The number of fused-ring (bicyclic) bond motifs is 1. The third kappa shape index (κ3) is 8.07. The fraction of sp³-hybridized carbons (Fsp3) is 0.250. The van der Waals surface area contributed by atoms with Crippen LogP contribution in [0.3, 0.4) is 0 Å². The number of aryl methyl sites for hydroxylation is 2. The molecule has 0 atom stereocenters. The number of rotatable bonds is 6. The minimum absolute atomic E-state index is 0.0209. The first kappa shape index (κ1) is 25.5. The van der Waals surface area contributed by atoms with E-state index in [1.807, 2.05) is 31.2 Å². The molecular formula is C20H20N6O6. The van der Waals surface area contributed by atoms with Crippen molar-refractivity contribution in [3.63, 3.8) is 0 Å². The van der Waals surface area contributed by atoms with Crippen molar-refractivity contribution in [1.29, 1.82) is 0 Å². The second-order valence-electron chi connectivity index (χ2n) is 6.10. The molecule has 0 aliphatic rings. The number of carbonyl (C=O) groups is 1. The van der Waals surface area contributed by atoms with Gasteiger partial charge < -0.3 is 11.1 Å². The third-order valence-electron chi connectivity index (χ3n) is 3.91. The molecule has 0 radical (unpaired) electrons. The van der Waals surface area contributed by atoms with Gasteiger partial charge in [-0.25, -0.2) is 9.97 Å². The molecule has 1 amide bonds. The molecule has 1 aromatic carbocycles. The molecule has 0 fully saturated rings. The average Bonchev–Trinajstić information content (AvgIpc) is 2.77. The van der Waals surface area contributed by atoms with Crippen molar-refractivity contribution in [2.45, 2.75) is 26.2 Å². The largest absolute Gasteiger partial charge is 0.373 e. The zero-order valence-electron chi connectivity index (χ0n) is 17.1. The predicted molar refractivity (Wildman–Crippen MR) is 109 cm³/mol. The van der Waals surface area contributed by atoms with E-state index in [1.165, 1.54) is 0 Å². The average molecular weight is 440 g/mol. The summed E-state index contributed by atoms with van der Waals surface area (Å²) in [6.07, 6.45) is 4.34. The quantitative estimate of drug-likeness (QED) is 0.471. The normalized spacial score (nSPS) is 9.28. The Balaban J connectivity index is 0.000000769. The number of hydrogen-bond acceptors (Lipinski definition) is 10. The Morgan fingerprint density at radius 2 is 1.69 bits per heavy atom. The number of aromatic amines is 1. The van der Waals surface area contributed by atoms with E-state index in [1.54, 1.807) is 6.20 Å². The van der Waals surface area contributed by atoms with Crippen LogP contribution in [0.15, 0.2) is 35.3 Å². The molecule has 3 aromatic rings. The van der Waals surface area contributed by atoms with Crippen LogP contribution in [0, 0.1) is 0 Å². The maximum Gasteiger partial charge on any atom is 0.373 e. The van der Waals surface area contributed by atoms with Gasteiger partial charge in [-0.15, -0.1) is 0 Å². The number of nitrogens with one attached hydrogen (secondary N) is 2. The number of anilines is 1. The number of nitrogens with zero attached hydrogens (tertiary/aromatic N) is 3. The van der Waals surface area contributed by atoms with Gasteiger partial charge in [0.2, 0.25) is 5.95 Å². The minimum atomic E-state index is -0.399. The van der Waals surface area contributed by atoms with Gasteiger partial charge in [0.25, 0.3) is 11.5 Å². The van der Waals surface area contributed by atoms with Gasteiger partial charge in [0.1, 0.15) is 0 Å². The molecule has 12 heteroatoms. The molecule has 32 heavy (non-hydrogen) atoms. The van der Waals surface area contributed by atoms with Crippen molar-refractivity contribution in [1.82, 2.24) is 25.3 Å². The van der Waals surface area contributed by atoms with E-state index >= 15 is 0 Å². The van der Waals surface area contributed by atoms with Gasteiger partial charge in [-0.3, -0.25) is 14.6 Å². The van der Waals surface area contributed by atoms with E-state index in [9.17, 15) is 9.59 Å². The highest BCUT2D eigenvalue weighted by Gasteiger charge is 2.08. The molecule has 0 aliphatic heterocycles. The highest BCUT2D eigenvalue weighted by Crippen LogP contribution is 2.09. The first-order chi connectivity index (χ1) is 15.4. The summed E-state index contributed by atoms with van der Waals surface area (Å²) in [7, 11) is 0. The molecule has 4 N–H and O–H groups in total. The lowest BCUT2D eigenvalue weighted by atomic mass is 10.1. The summed E-state index contributed by atoms with van der Waals surface area (Å²) >= 11 is 0.